The summed E-state index contributed by atoms with van der Waals surface area (Å²) in [7, 11) is 0. The number of carbonyl (C=O) groups is 2. The van der Waals surface area contributed by atoms with Crippen molar-refractivity contribution in [1.82, 2.24) is 10.2 Å². The van der Waals surface area contributed by atoms with Crippen molar-refractivity contribution < 1.29 is 9.59 Å². The summed E-state index contributed by atoms with van der Waals surface area (Å²) in [6, 6.07) is 18.5. The molecule has 4 heteroatoms. The zero-order valence-electron chi connectivity index (χ0n) is 15.3. The van der Waals surface area contributed by atoms with Gasteiger partial charge in [0.25, 0.3) is 0 Å². The third-order valence-electron chi connectivity index (χ3n) is 4.93. The van der Waals surface area contributed by atoms with Crippen molar-refractivity contribution in [3.63, 3.8) is 0 Å². The molecule has 1 aliphatic heterocycles. The Bertz CT molecular complexity index is 740. The van der Waals surface area contributed by atoms with Crippen LogP contribution < -0.4 is 5.32 Å². The van der Waals surface area contributed by atoms with Crippen molar-refractivity contribution >= 4 is 11.8 Å². The van der Waals surface area contributed by atoms with Gasteiger partial charge in [0, 0.05) is 26.1 Å². The molecule has 0 bridgehead atoms. The summed E-state index contributed by atoms with van der Waals surface area (Å²) in [5.41, 5.74) is 3.66. The summed E-state index contributed by atoms with van der Waals surface area (Å²) in [4.78, 5) is 26.4. The normalized spacial score (nSPS) is 16.7. The highest BCUT2D eigenvalue weighted by Crippen LogP contribution is 2.18. The maximum Gasteiger partial charge on any atom is 0.225 e. The molecule has 0 spiro atoms. The predicted molar refractivity (Wildman–Crippen MR) is 103 cm³/mol. The third-order valence-corrected chi connectivity index (χ3v) is 4.93. The van der Waals surface area contributed by atoms with Crippen molar-refractivity contribution in [2.75, 3.05) is 19.6 Å². The molecule has 2 aromatic rings. The molecule has 1 saturated heterocycles. The number of hydrogen-bond acceptors (Lipinski definition) is 2. The molecule has 1 N–H and O–H groups in total. The van der Waals surface area contributed by atoms with Gasteiger partial charge in [0.2, 0.25) is 11.8 Å². The van der Waals surface area contributed by atoms with Gasteiger partial charge in [-0.05, 0) is 30.9 Å². The fraction of sp³-hybridized carbons (Fsp3) is 0.364. The van der Waals surface area contributed by atoms with E-state index in [0.29, 0.717) is 26.1 Å². The Morgan fingerprint density at radius 3 is 2.46 bits per heavy atom. The summed E-state index contributed by atoms with van der Waals surface area (Å²) in [5.74, 6) is -0.149. The van der Waals surface area contributed by atoms with Gasteiger partial charge < -0.3 is 10.2 Å². The molecule has 0 saturated carbocycles. The van der Waals surface area contributed by atoms with E-state index < -0.39 is 0 Å². The number of hydrogen-bond donors (Lipinski definition) is 1. The second-order valence-corrected chi connectivity index (χ2v) is 7.00. The first-order chi connectivity index (χ1) is 12.6. The molecule has 136 valence electrons. The largest absolute Gasteiger partial charge is 0.355 e. The van der Waals surface area contributed by atoms with Gasteiger partial charge in [-0.15, -0.1) is 0 Å². The van der Waals surface area contributed by atoms with E-state index in [9.17, 15) is 9.59 Å². The van der Waals surface area contributed by atoms with Crippen LogP contribution in [-0.4, -0.2) is 36.3 Å². The number of likely N-dealkylation sites (tertiary alicyclic amines) is 1. The van der Waals surface area contributed by atoms with Gasteiger partial charge in [-0.2, -0.15) is 0 Å². The van der Waals surface area contributed by atoms with Crippen LogP contribution in [0, 0.1) is 12.8 Å². The molecule has 1 aliphatic rings. The van der Waals surface area contributed by atoms with Crippen molar-refractivity contribution in [3.8, 4) is 0 Å². The summed E-state index contributed by atoms with van der Waals surface area (Å²) >= 11 is 0. The van der Waals surface area contributed by atoms with E-state index in [1.54, 1.807) is 0 Å². The quantitative estimate of drug-likeness (QED) is 0.835. The first-order valence-electron chi connectivity index (χ1n) is 9.27. The lowest BCUT2D eigenvalue weighted by Gasteiger charge is -2.16. The SMILES string of the molecule is Cc1ccc(CCNC(=O)[C@H]2CC(=O)N(CCc3ccccc3)C2)cc1. The van der Waals surface area contributed by atoms with Crippen LogP contribution >= 0.6 is 0 Å². The van der Waals surface area contributed by atoms with Crippen LogP contribution in [-0.2, 0) is 22.4 Å². The molecule has 0 unspecified atom stereocenters. The molecule has 1 atom stereocenters. The van der Waals surface area contributed by atoms with Gasteiger partial charge in [-0.1, -0.05) is 60.2 Å². The fourth-order valence-electron chi connectivity index (χ4n) is 3.30. The second kappa shape index (κ2) is 8.65. The standard InChI is InChI=1S/C22H26N2O2/c1-17-7-9-19(10-8-17)11-13-23-22(26)20-15-21(25)24(16-20)14-12-18-5-3-2-4-6-18/h2-10,20H,11-16H2,1H3,(H,23,26)/t20-/m0/s1. The fourth-order valence-corrected chi connectivity index (χ4v) is 3.30. The zero-order chi connectivity index (χ0) is 18.4. The van der Waals surface area contributed by atoms with Gasteiger partial charge in [0.05, 0.1) is 5.92 Å². The van der Waals surface area contributed by atoms with E-state index in [1.165, 1.54) is 16.7 Å². The van der Waals surface area contributed by atoms with Crippen LogP contribution in [0.3, 0.4) is 0 Å². The lowest BCUT2D eigenvalue weighted by molar-refractivity contribution is -0.129. The Labute approximate surface area is 155 Å². The maximum absolute atomic E-state index is 12.4. The smallest absolute Gasteiger partial charge is 0.225 e. The van der Waals surface area contributed by atoms with E-state index in [4.69, 9.17) is 0 Å². The van der Waals surface area contributed by atoms with Crippen LogP contribution in [0.5, 0.6) is 0 Å². The number of amides is 2. The molecule has 1 heterocycles. The Kier molecular flexibility index (Phi) is 6.05. The summed E-state index contributed by atoms with van der Waals surface area (Å²) in [5, 5.41) is 2.98. The highest BCUT2D eigenvalue weighted by atomic mass is 16.2. The second-order valence-electron chi connectivity index (χ2n) is 7.00. The van der Waals surface area contributed by atoms with Crippen LogP contribution in [0.4, 0.5) is 0 Å². The lowest BCUT2D eigenvalue weighted by atomic mass is 10.1. The van der Waals surface area contributed by atoms with E-state index in [0.717, 1.165) is 12.8 Å². The topological polar surface area (TPSA) is 49.4 Å². The number of nitrogens with one attached hydrogen (secondary N) is 1. The molecule has 0 radical (unpaired) electrons. The van der Waals surface area contributed by atoms with Gasteiger partial charge in [-0.3, -0.25) is 9.59 Å². The van der Waals surface area contributed by atoms with E-state index in [2.05, 4.69) is 48.6 Å². The van der Waals surface area contributed by atoms with Gasteiger partial charge in [0.15, 0.2) is 0 Å². The molecule has 26 heavy (non-hydrogen) atoms. The molecular formula is C22H26N2O2. The van der Waals surface area contributed by atoms with Crippen LogP contribution in [0.1, 0.15) is 23.1 Å². The lowest BCUT2D eigenvalue weighted by Crippen LogP contribution is -2.34. The summed E-state index contributed by atoms with van der Waals surface area (Å²) < 4.78 is 0. The molecule has 2 aromatic carbocycles. The number of rotatable bonds is 7. The van der Waals surface area contributed by atoms with Gasteiger partial charge in [-0.25, -0.2) is 0 Å². The first-order valence-corrected chi connectivity index (χ1v) is 9.27. The molecule has 1 fully saturated rings. The Morgan fingerprint density at radius 1 is 1.04 bits per heavy atom. The molecular weight excluding hydrogens is 324 g/mol. The van der Waals surface area contributed by atoms with Gasteiger partial charge >= 0.3 is 0 Å². The number of aryl methyl sites for hydroxylation is 1. The molecule has 2 amide bonds. The maximum atomic E-state index is 12.4. The Hall–Kier alpha value is -2.62. The minimum absolute atomic E-state index is 0.00678. The summed E-state index contributed by atoms with van der Waals surface area (Å²) in [6.45, 7) is 3.88. The third kappa shape index (κ3) is 4.94. The zero-order valence-corrected chi connectivity index (χ0v) is 15.3. The average molecular weight is 350 g/mol. The van der Waals surface area contributed by atoms with Crippen molar-refractivity contribution in [3.05, 3.63) is 71.3 Å². The minimum Gasteiger partial charge on any atom is -0.355 e. The monoisotopic (exact) mass is 350 g/mol. The van der Waals surface area contributed by atoms with Crippen LogP contribution in [0.2, 0.25) is 0 Å². The number of carbonyl (C=O) groups excluding carboxylic acids is 2. The molecule has 0 aromatic heterocycles. The van der Waals surface area contributed by atoms with Crippen LogP contribution in [0.15, 0.2) is 54.6 Å². The summed E-state index contributed by atoms with van der Waals surface area (Å²) in [6.07, 6.45) is 1.96. The Morgan fingerprint density at radius 2 is 1.73 bits per heavy atom. The highest BCUT2D eigenvalue weighted by molar-refractivity contribution is 5.89. The minimum atomic E-state index is -0.226. The molecule has 0 aliphatic carbocycles. The van der Waals surface area contributed by atoms with E-state index >= 15 is 0 Å². The molecule has 3 rings (SSSR count). The van der Waals surface area contributed by atoms with Crippen molar-refractivity contribution in [2.45, 2.75) is 26.2 Å². The van der Waals surface area contributed by atoms with E-state index in [1.807, 2.05) is 23.1 Å². The number of nitrogens with zero attached hydrogens (tertiary/aromatic N) is 1. The van der Waals surface area contributed by atoms with Crippen molar-refractivity contribution in [2.24, 2.45) is 5.92 Å². The predicted octanol–water partition coefficient (Wildman–Crippen LogP) is 2.74. The van der Waals surface area contributed by atoms with Crippen molar-refractivity contribution in [1.29, 1.82) is 0 Å². The number of benzene rings is 2. The average Bonchev–Trinajstić information content (AvgIpc) is 3.03. The van der Waals surface area contributed by atoms with Crippen LogP contribution in [0.25, 0.3) is 0 Å². The Balaban J connectivity index is 1.42. The first kappa shape index (κ1) is 18.2. The van der Waals surface area contributed by atoms with Gasteiger partial charge in [0.1, 0.15) is 0 Å². The molecule has 4 nitrogen and oxygen atoms in total. The highest BCUT2D eigenvalue weighted by Gasteiger charge is 2.33. The van der Waals surface area contributed by atoms with E-state index in [-0.39, 0.29) is 17.7 Å².